The zero-order valence-electron chi connectivity index (χ0n) is 42.1. The number of hydrogen-bond donors (Lipinski definition) is 2. The second kappa shape index (κ2) is 22.2. The van der Waals surface area contributed by atoms with E-state index in [1.807, 2.05) is 36.4 Å². The summed E-state index contributed by atoms with van der Waals surface area (Å²) in [6.07, 6.45) is 0.804. The number of rotatable bonds is 22. The van der Waals surface area contributed by atoms with Crippen molar-refractivity contribution in [2.45, 2.75) is 127 Å². The highest BCUT2D eigenvalue weighted by Gasteiger charge is 2.48. The molecule has 1 heterocycles. The Labute approximate surface area is 413 Å². The number of anilines is 2. The standard InChI is InChI=1S/C56H68N2O11S/c1-11-53(3,4)39-20-30-47(45(33-39)54(5,6)12-2)65-32-16-19-49(59)57-40-21-31-48(64-10)46(34-40)58-52(61)50(51(60)56(9)36-67-55(7,8)68-37-56)69-42-24-28-44(29-25-42)70(62,63)43-26-22-41(23-27-43)66-35-38-17-14-13-15-18-38/h13-15,17-18,20-31,33-34,50H,11-12,16,19,32,35-37H2,1-10H3,(H,57,59)(H,58,61). The van der Waals surface area contributed by atoms with E-state index in [4.69, 9.17) is 28.4 Å². The van der Waals surface area contributed by atoms with Crippen LogP contribution in [0.25, 0.3) is 0 Å². The first kappa shape index (κ1) is 53.1. The third-order valence-corrected chi connectivity index (χ3v) is 14.9. The van der Waals surface area contributed by atoms with Crippen LogP contribution in [0.4, 0.5) is 11.4 Å². The molecule has 13 nitrogen and oxygen atoms in total. The zero-order chi connectivity index (χ0) is 50.9. The third-order valence-electron chi connectivity index (χ3n) is 13.1. The number of Topliss-reactive ketones (excluding diaryl/α,β-unsaturated/α-hetero) is 1. The van der Waals surface area contributed by atoms with Gasteiger partial charge in [-0.3, -0.25) is 14.4 Å². The molecule has 5 aromatic carbocycles. The summed E-state index contributed by atoms with van der Waals surface area (Å²) in [5.41, 5.74) is 2.55. The molecule has 6 rings (SSSR count). The van der Waals surface area contributed by atoms with Crippen LogP contribution in [-0.4, -0.2) is 64.8 Å². The number of carbonyl (C=O) groups is 3. The molecule has 1 unspecified atom stereocenters. The number of amides is 2. The molecular weight excluding hydrogens is 909 g/mol. The molecule has 0 radical (unpaired) electrons. The predicted octanol–water partition coefficient (Wildman–Crippen LogP) is 11.0. The monoisotopic (exact) mass is 976 g/mol. The fraction of sp³-hybridized carbons (Fsp3) is 0.411. The molecule has 0 saturated carbocycles. The maximum Gasteiger partial charge on any atom is 0.273 e. The number of ether oxygens (including phenoxy) is 6. The summed E-state index contributed by atoms with van der Waals surface area (Å²) < 4.78 is 62.9. The van der Waals surface area contributed by atoms with Gasteiger partial charge in [0.1, 0.15) is 29.6 Å². The third kappa shape index (κ3) is 13.1. The molecule has 0 aromatic heterocycles. The van der Waals surface area contributed by atoms with Gasteiger partial charge < -0.3 is 39.1 Å². The molecule has 374 valence electrons. The highest BCUT2D eigenvalue weighted by Crippen LogP contribution is 2.39. The Morgan fingerprint density at radius 1 is 0.714 bits per heavy atom. The predicted molar refractivity (Wildman–Crippen MR) is 271 cm³/mol. The topological polar surface area (TPSA) is 165 Å². The minimum absolute atomic E-state index is 0.0278. The van der Waals surface area contributed by atoms with Crippen LogP contribution in [0, 0.1) is 5.41 Å². The molecule has 14 heteroatoms. The van der Waals surface area contributed by atoms with Crippen molar-refractivity contribution in [3.8, 4) is 23.0 Å². The Kier molecular flexibility index (Phi) is 16.9. The van der Waals surface area contributed by atoms with Gasteiger partial charge in [-0.1, -0.05) is 84.0 Å². The number of benzene rings is 5. The Balaban J connectivity index is 1.14. The highest BCUT2D eigenvalue weighted by molar-refractivity contribution is 7.91. The van der Waals surface area contributed by atoms with Crippen LogP contribution in [0.1, 0.15) is 105 Å². The highest BCUT2D eigenvalue weighted by atomic mass is 32.2. The van der Waals surface area contributed by atoms with Gasteiger partial charge in [0.25, 0.3) is 5.91 Å². The second-order valence-electron chi connectivity index (χ2n) is 19.7. The molecule has 1 aliphatic rings. The molecule has 2 amide bonds. The maximum absolute atomic E-state index is 14.4. The van der Waals surface area contributed by atoms with E-state index < -0.39 is 38.8 Å². The van der Waals surface area contributed by atoms with Crippen molar-refractivity contribution >= 4 is 38.8 Å². The Bertz CT molecular complexity index is 2710. The molecule has 0 bridgehead atoms. The number of methoxy groups -OCH3 is 1. The Morgan fingerprint density at radius 2 is 1.31 bits per heavy atom. The lowest BCUT2D eigenvalue weighted by Crippen LogP contribution is -2.55. The van der Waals surface area contributed by atoms with Crippen LogP contribution in [0.5, 0.6) is 23.0 Å². The second-order valence-corrected chi connectivity index (χ2v) is 21.7. The number of carbonyl (C=O) groups excluding carboxylic acids is 3. The van der Waals surface area contributed by atoms with Gasteiger partial charge in [-0.25, -0.2) is 8.42 Å². The van der Waals surface area contributed by atoms with Gasteiger partial charge in [0.05, 0.1) is 47.8 Å². The van der Waals surface area contributed by atoms with Crippen LogP contribution in [0.3, 0.4) is 0 Å². The van der Waals surface area contributed by atoms with Gasteiger partial charge in [0.2, 0.25) is 21.8 Å². The molecular formula is C56H68N2O11S. The lowest BCUT2D eigenvalue weighted by Gasteiger charge is -2.41. The first-order chi connectivity index (χ1) is 33.1. The van der Waals surface area contributed by atoms with Crippen molar-refractivity contribution in [3.05, 3.63) is 132 Å². The van der Waals surface area contributed by atoms with Crippen molar-refractivity contribution in [3.63, 3.8) is 0 Å². The van der Waals surface area contributed by atoms with E-state index >= 15 is 0 Å². The Hall–Kier alpha value is -6.22. The quantitative estimate of drug-likeness (QED) is 0.0501. The average Bonchev–Trinajstić information content (AvgIpc) is 3.35. The minimum Gasteiger partial charge on any atom is -0.495 e. The molecule has 2 N–H and O–H groups in total. The Morgan fingerprint density at radius 3 is 1.91 bits per heavy atom. The minimum atomic E-state index is -3.97. The summed E-state index contributed by atoms with van der Waals surface area (Å²) in [6.45, 7) is 18.9. The van der Waals surface area contributed by atoms with Crippen molar-refractivity contribution in [2.75, 3.05) is 37.6 Å². The van der Waals surface area contributed by atoms with Crippen LogP contribution in [-0.2, 0) is 51.1 Å². The molecule has 70 heavy (non-hydrogen) atoms. The van der Waals surface area contributed by atoms with Crippen LogP contribution >= 0.6 is 0 Å². The number of sulfone groups is 1. The van der Waals surface area contributed by atoms with E-state index in [-0.39, 0.29) is 63.3 Å². The fourth-order valence-corrected chi connectivity index (χ4v) is 8.84. The van der Waals surface area contributed by atoms with Crippen LogP contribution in [0.15, 0.2) is 125 Å². The first-order valence-electron chi connectivity index (χ1n) is 23.8. The van der Waals surface area contributed by atoms with Crippen molar-refractivity contribution in [2.24, 2.45) is 5.41 Å². The van der Waals surface area contributed by atoms with Crippen molar-refractivity contribution in [1.82, 2.24) is 0 Å². The molecule has 0 spiro atoms. The van der Waals surface area contributed by atoms with E-state index in [0.29, 0.717) is 31.1 Å². The van der Waals surface area contributed by atoms with Crippen LogP contribution < -0.4 is 29.6 Å². The van der Waals surface area contributed by atoms with Gasteiger partial charge in [0, 0.05) is 17.7 Å². The molecule has 1 saturated heterocycles. The summed E-state index contributed by atoms with van der Waals surface area (Å²) in [7, 11) is -2.55. The smallest absolute Gasteiger partial charge is 0.273 e. The lowest BCUT2D eigenvalue weighted by atomic mass is 9.76. The molecule has 0 aliphatic carbocycles. The molecule has 1 fully saturated rings. The lowest BCUT2D eigenvalue weighted by molar-refractivity contribution is -0.277. The van der Waals surface area contributed by atoms with Gasteiger partial charge in [-0.05, 0) is 135 Å². The summed E-state index contributed by atoms with van der Waals surface area (Å²) in [6, 6.07) is 32.4. The number of ketones is 1. The van der Waals surface area contributed by atoms with Gasteiger partial charge >= 0.3 is 0 Å². The van der Waals surface area contributed by atoms with E-state index in [2.05, 4.69) is 64.3 Å². The summed E-state index contributed by atoms with van der Waals surface area (Å²) in [5.74, 6) is -1.06. The first-order valence-corrected chi connectivity index (χ1v) is 25.3. The molecule has 1 aliphatic heterocycles. The number of hydrogen-bond acceptors (Lipinski definition) is 11. The van der Waals surface area contributed by atoms with E-state index in [1.54, 1.807) is 45.0 Å². The summed E-state index contributed by atoms with van der Waals surface area (Å²) in [5, 5.41) is 5.66. The van der Waals surface area contributed by atoms with Gasteiger partial charge in [-0.2, -0.15) is 0 Å². The SMILES string of the molecule is CCC(C)(C)c1ccc(OCCCC(=O)Nc2ccc(OC)c(NC(=O)C(Oc3ccc(S(=O)(=O)c4ccc(OCc5ccccc5)cc4)cc3)C(=O)C3(C)COC(C)(C)OC3)c2)c(C(C)(C)CC)c1. The van der Waals surface area contributed by atoms with Gasteiger partial charge in [0.15, 0.2) is 11.6 Å². The fourth-order valence-electron chi connectivity index (χ4n) is 7.58. The van der Waals surface area contributed by atoms with E-state index in [9.17, 15) is 22.8 Å². The maximum atomic E-state index is 14.4. The van der Waals surface area contributed by atoms with Crippen LogP contribution in [0.2, 0.25) is 0 Å². The van der Waals surface area contributed by atoms with Crippen molar-refractivity contribution in [1.29, 1.82) is 0 Å². The van der Waals surface area contributed by atoms with Gasteiger partial charge in [-0.15, -0.1) is 0 Å². The summed E-state index contributed by atoms with van der Waals surface area (Å²) >= 11 is 0. The normalized spacial score (nSPS) is 15.0. The summed E-state index contributed by atoms with van der Waals surface area (Å²) in [4.78, 5) is 42.0. The average molecular weight is 977 g/mol. The van der Waals surface area contributed by atoms with E-state index in [1.165, 1.54) is 55.1 Å². The molecule has 5 aromatic rings. The largest absolute Gasteiger partial charge is 0.495 e. The van der Waals surface area contributed by atoms with E-state index in [0.717, 1.165) is 29.7 Å². The zero-order valence-corrected chi connectivity index (χ0v) is 42.9. The number of nitrogens with one attached hydrogen (secondary N) is 2. The molecule has 1 atom stereocenters. The van der Waals surface area contributed by atoms with Crippen molar-refractivity contribution < 1.29 is 51.2 Å².